The summed E-state index contributed by atoms with van der Waals surface area (Å²) in [5.74, 6) is 0.266. The Kier molecular flexibility index (Phi) is 4.59. The molecule has 5 heteroatoms. The average Bonchev–Trinajstić information content (AvgIpc) is 2.67. The Morgan fingerprint density at radius 1 is 1.04 bits per heavy atom. The molecule has 0 saturated carbocycles. The lowest BCUT2D eigenvalue weighted by Crippen LogP contribution is -2.15. The van der Waals surface area contributed by atoms with E-state index in [1.165, 1.54) is 6.20 Å². The number of anilines is 1. The molecule has 3 aromatic rings. The van der Waals surface area contributed by atoms with Gasteiger partial charge in [-0.2, -0.15) is 5.26 Å². The molecule has 0 atom stereocenters. The third-order valence-electron chi connectivity index (χ3n) is 3.46. The molecule has 0 radical (unpaired) electrons. The molecule has 24 heavy (non-hydrogen) atoms. The van der Waals surface area contributed by atoms with Gasteiger partial charge in [0.15, 0.2) is 5.78 Å². The molecule has 3 rings (SSSR count). The maximum Gasteiger partial charge on any atom is 0.223 e. The quantitative estimate of drug-likeness (QED) is 0.731. The standard InChI is InChI=1S/C19H14N4O/c20-11-16-12-21-19(23-18(16)15-9-5-2-6-10-15)22-13-17(24)14-7-3-1-4-8-14/h1-10,12H,13H2,(H,21,22,23). The Balaban J connectivity index is 1.80. The molecule has 0 amide bonds. The molecule has 0 fully saturated rings. The number of benzene rings is 2. The minimum Gasteiger partial charge on any atom is -0.347 e. The van der Waals surface area contributed by atoms with E-state index in [2.05, 4.69) is 21.4 Å². The summed E-state index contributed by atoms with van der Waals surface area (Å²) in [6.07, 6.45) is 1.46. The van der Waals surface area contributed by atoms with Crippen LogP contribution >= 0.6 is 0 Å². The lowest BCUT2D eigenvalue weighted by Gasteiger charge is -2.08. The Morgan fingerprint density at radius 3 is 2.38 bits per heavy atom. The first-order valence-electron chi connectivity index (χ1n) is 7.42. The molecule has 0 aliphatic carbocycles. The number of carbonyl (C=O) groups is 1. The topological polar surface area (TPSA) is 78.7 Å². The predicted octanol–water partition coefficient (Wildman–Crippen LogP) is 3.31. The minimum absolute atomic E-state index is 0.0511. The number of carbonyl (C=O) groups excluding carboxylic acids is 1. The molecule has 1 N–H and O–H groups in total. The Hall–Kier alpha value is -3.52. The summed E-state index contributed by atoms with van der Waals surface area (Å²) >= 11 is 0. The second-order valence-electron chi connectivity index (χ2n) is 5.08. The van der Waals surface area contributed by atoms with Crippen molar-refractivity contribution >= 4 is 11.7 Å². The van der Waals surface area contributed by atoms with Crippen molar-refractivity contribution in [2.75, 3.05) is 11.9 Å². The molecule has 0 spiro atoms. The van der Waals surface area contributed by atoms with Crippen LogP contribution in [0, 0.1) is 11.3 Å². The number of ketones is 1. The molecule has 116 valence electrons. The highest BCUT2D eigenvalue weighted by Gasteiger charge is 2.10. The maximum absolute atomic E-state index is 12.1. The van der Waals surface area contributed by atoms with Crippen LogP contribution in [0.1, 0.15) is 15.9 Å². The highest BCUT2D eigenvalue weighted by molar-refractivity contribution is 5.98. The first-order chi connectivity index (χ1) is 11.8. The van der Waals surface area contributed by atoms with E-state index in [1.807, 2.05) is 48.5 Å². The van der Waals surface area contributed by atoms with Crippen LogP contribution in [0.15, 0.2) is 66.9 Å². The van der Waals surface area contributed by atoms with Gasteiger partial charge in [-0.05, 0) is 0 Å². The lowest BCUT2D eigenvalue weighted by molar-refractivity contribution is 0.101. The third kappa shape index (κ3) is 3.45. The van der Waals surface area contributed by atoms with E-state index in [0.29, 0.717) is 22.8 Å². The summed E-state index contributed by atoms with van der Waals surface area (Å²) in [4.78, 5) is 20.6. The molecule has 0 bridgehead atoms. The van der Waals surface area contributed by atoms with Crippen LogP contribution in [0.5, 0.6) is 0 Å². The summed E-state index contributed by atoms with van der Waals surface area (Å²) in [5.41, 5.74) is 2.39. The molecular formula is C19H14N4O. The van der Waals surface area contributed by atoms with Crippen LogP contribution in [0.2, 0.25) is 0 Å². The lowest BCUT2D eigenvalue weighted by atomic mass is 10.1. The van der Waals surface area contributed by atoms with Crippen LogP contribution in [0.3, 0.4) is 0 Å². The average molecular weight is 314 g/mol. The van der Waals surface area contributed by atoms with Crippen molar-refractivity contribution in [3.8, 4) is 17.3 Å². The molecule has 1 aromatic heterocycles. The van der Waals surface area contributed by atoms with Crippen LogP contribution in [-0.2, 0) is 0 Å². The van der Waals surface area contributed by atoms with Crippen molar-refractivity contribution in [3.05, 3.63) is 78.0 Å². The van der Waals surface area contributed by atoms with Gasteiger partial charge in [0.2, 0.25) is 5.95 Å². The van der Waals surface area contributed by atoms with E-state index < -0.39 is 0 Å². The molecule has 1 heterocycles. The predicted molar refractivity (Wildman–Crippen MR) is 91.4 cm³/mol. The summed E-state index contributed by atoms with van der Waals surface area (Å²) in [7, 11) is 0. The fourth-order valence-electron chi connectivity index (χ4n) is 2.25. The van der Waals surface area contributed by atoms with E-state index in [-0.39, 0.29) is 12.3 Å². The monoisotopic (exact) mass is 314 g/mol. The van der Waals surface area contributed by atoms with Crippen LogP contribution in [0.4, 0.5) is 5.95 Å². The van der Waals surface area contributed by atoms with Gasteiger partial charge in [0.05, 0.1) is 24.0 Å². The van der Waals surface area contributed by atoms with Gasteiger partial charge in [0, 0.05) is 11.1 Å². The highest BCUT2D eigenvalue weighted by Crippen LogP contribution is 2.21. The highest BCUT2D eigenvalue weighted by atomic mass is 16.1. The summed E-state index contributed by atoms with van der Waals surface area (Å²) in [6.45, 7) is 0.0874. The molecule has 0 aliphatic rings. The van der Waals surface area contributed by atoms with E-state index in [9.17, 15) is 10.1 Å². The van der Waals surface area contributed by atoms with Crippen LogP contribution in [0.25, 0.3) is 11.3 Å². The Bertz CT molecular complexity index is 886. The molecular weight excluding hydrogens is 300 g/mol. The third-order valence-corrected chi connectivity index (χ3v) is 3.46. The van der Waals surface area contributed by atoms with E-state index in [1.54, 1.807) is 12.1 Å². The SMILES string of the molecule is N#Cc1cnc(NCC(=O)c2ccccc2)nc1-c1ccccc1. The Morgan fingerprint density at radius 2 is 1.71 bits per heavy atom. The summed E-state index contributed by atoms with van der Waals surface area (Å²) in [6, 6.07) is 20.5. The number of nitrogens with one attached hydrogen (secondary N) is 1. The summed E-state index contributed by atoms with van der Waals surface area (Å²) < 4.78 is 0. The van der Waals surface area contributed by atoms with Crippen molar-refractivity contribution in [3.63, 3.8) is 0 Å². The van der Waals surface area contributed by atoms with Crippen molar-refractivity contribution in [1.29, 1.82) is 5.26 Å². The zero-order chi connectivity index (χ0) is 16.8. The second-order valence-corrected chi connectivity index (χ2v) is 5.08. The normalized spacial score (nSPS) is 9.96. The van der Waals surface area contributed by atoms with Gasteiger partial charge in [-0.15, -0.1) is 0 Å². The van der Waals surface area contributed by atoms with Gasteiger partial charge in [0.25, 0.3) is 0 Å². The number of aromatic nitrogens is 2. The van der Waals surface area contributed by atoms with Crippen molar-refractivity contribution in [1.82, 2.24) is 9.97 Å². The first-order valence-corrected chi connectivity index (χ1v) is 7.42. The van der Waals surface area contributed by atoms with Crippen molar-refractivity contribution < 1.29 is 4.79 Å². The van der Waals surface area contributed by atoms with Gasteiger partial charge < -0.3 is 5.32 Å². The van der Waals surface area contributed by atoms with Gasteiger partial charge >= 0.3 is 0 Å². The Labute approximate surface area is 139 Å². The van der Waals surface area contributed by atoms with Crippen LogP contribution in [-0.4, -0.2) is 22.3 Å². The number of rotatable bonds is 5. The first kappa shape index (κ1) is 15.4. The van der Waals surface area contributed by atoms with Crippen molar-refractivity contribution in [2.24, 2.45) is 0 Å². The molecule has 2 aromatic carbocycles. The minimum atomic E-state index is -0.0511. The van der Waals surface area contributed by atoms with Crippen LogP contribution < -0.4 is 5.32 Å². The smallest absolute Gasteiger partial charge is 0.223 e. The zero-order valence-corrected chi connectivity index (χ0v) is 12.8. The van der Waals surface area contributed by atoms with E-state index in [0.717, 1.165) is 5.56 Å². The van der Waals surface area contributed by atoms with E-state index in [4.69, 9.17) is 0 Å². The fraction of sp³-hybridized carbons (Fsp3) is 0.0526. The van der Waals surface area contributed by atoms with Gasteiger partial charge in [0.1, 0.15) is 6.07 Å². The molecule has 5 nitrogen and oxygen atoms in total. The molecule has 0 unspecified atom stereocenters. The number of hydrogen-bond donors (Lipinski definition) is 1. The largest absolute Gasteiger partial charge is 0.347 e. The van der Waals surface area contributed by atoms with Gasteiger partial charge in [-0.3, -0.25) is 4.79 Å². The number of nitrogens with zero attached hydrogens (tertiary/aromatic N) is 3. The molecule has 0 aliphatic heterocycles. The number of Topliss-reactive ketones (excluding diaryl/α,β-unsaturated/α-hetero) is 1. The van der Waals surface area contributed by atoms with Gasteiger partial charge in [-0.1, -0.05) is 60.7 Å². The molecule has 0 saturated heterocycles. The number of hydrogen-bond acceptors (Lipinski definition) is 5. The fourth-order valence-corrected chi connectivity index (χ4v) is 2.25. The number of nitriles is 1. The van der Waals surface area contributed by atoms with Crippen molar-refractivity contribution in [2.45, 2.75) is 0 Å². The maximum atomic E-state index is 12.1. The van der Waals surface area contributed by atoms with E-state index >= 15 is 0 Å². The summed E-state index contributed by atoms with van der Waals surface area (Å²) in [5, 5.41) is 12.2. The zero-order valence-electron chi connectivity index (χ0n) is 12.8. The van der Waals surface area contributed by atoms with Gasteiger partial charge in [-0.25, -0.2) is 9.97 Å². The second kappa shape index (κ2) is 7.16.